The molecule has 0 fully saturated rings. The Labute approximate surface area is 94.5 Å². The molecule has 2 rings (SSSR count). The number of carbonyl (C=O) groups is 1. The highest BCUT2D eigenvalue weighted by molar-refractivity contribution is 5.92. The summed E-state index contributed by atoms with van der Waals surface area (Å²) in [5.74, 6) is -2.36. The van der Waals surface area contributed by atoms with Gasteiger partial charge in [-0.25, -0.2) is 4.79 Å². The van der Waals surface area contributed by atoms with Crippen LogP contribution in [0.2, 0.25) is 0 Å². The number of carboxylic acids is 1. The summed E-state index contributed by atoms with van der Waals surface area (Å²) in [5.41, 5.74) is -1.55. The first-order chi connectivity index (χ1) is 8.04. The van der Waals surface area contributed by atoms with E-state index in [4.69, 9.17) is 9.84 Å². The molecule has 0 atom stereocenters. The Morgan fingerprint density at radius 1 is 1.47 bits per heavy atom. The standard InChI is InChI=1S/C11H8FNO4/c1-17-5-2-3-7-6(4-5)9(14)8(11(15)16)10(12)13-7/h2-4H,1H3,(H,13,14)(H,15,16). The number of pyridine rings is 1. The second kappa shape index (κ2) is 3.89. The van der Waals surface area contributed by atoms with Crippen LogP contribution in [0.4, 0.5) is 4.39 Å². The van der Waals surface area contributed by atoms with Crippen LogP contribution in [0.3, 0.4) is 0 Å². The van der Waals surface area contributed by atoms with E-state index in [0.29, 0.717) is 5.75 Å². The molecular weight excluding hydrogens is 229 g/mol. The highest BCUT2D eigenvalue weighted by atomic mass is 19.1. The van der Waals surface area contributed by atoms with Crippen molar-refractivity contribution in [2.75, 3.05) is 7.11 Å². The fourth-order valence-electron chi connectivity index (χ4n) is 1.55. The first-order valence-electron chi connectivity index (χ1n) is 4.67. The van der Waals surface area contributed by atoms with Gasteiger partial charge in [-0.1, -0.05) is 0 Å². The van der Waals surface area contributed by atoms with E-state index in [-0.39, 0.29) is 10.9 Å². The maximum Gasteiger partial charge on any atom is 0.344 e. The summed E-state index contributed by atoms with van der Waals surface area (Å²) in [6.45, 7) is 0. The quantitative estimate of drug-likeness (QED) is 0.773. The van der Waals surface area contributed by atoms with E-state index in [1.807, 2.05) is 0 Å². The second-order valence-corrected chi connectivity index (χ2v) is 3.36. The van der Waals surface area contributed by atoms with Gasteiger partial charge in [0.1, 0.15) is 5.75 Å². The number of halogens is 1. The molecule has 0 radical (unpaired) electrons. The van der Waals surface area contributed by atoms with Crippen LogP contribution < -0.4 is 10.2 Å². The zero-order valence-corrected chi connectivity index (χ0v) is 8.78. The van der Waals surface area contributed by atoms with E-state index in [1.165, 1.54) is 25.3 Å². The minimum atomic E-state index is -1.60. The lowest BCUT2D eigenvalue weighted by atomic mass is 10.1. The molecule has 0 bridgehead atoms. The van der Waals surface area contributed by atoms with Gasteiger partial charge in [-0.05, 0) is 18.2 Å². The Morgan fingerprint density at radius 3 is 2.76 bits per heavy atom. The lowest BCUT2D eigenvalue weighted by Gasteiger charge is -2.04. The highest BCUT2D eigenvalue weighted by Gasteiger charge is 2.18. The summed E-state index contributed by atoms with van der Waals surface area (Å²) in [7, 11) is 1.41. The number of carboxylic acid groups (broad SMARTS) is 1. The second-order valence-electron chi connectivity index (χ2n) is 3.36. The van der Waals surface area contributed by atoms with Crippen molar-refractivity contribution in [3.05, 3.63) is 39.9 Å². The molecule has 2 N–H and O–H groups in total. The third kappa shape index (κ3) is 1.73. The average molecular weight is 237 g/mol. The number of methoxy groups -OCH3 is 1. The molecule has 0 spiro atoms. The van der Waals surface area contributed by atoms with Crippen LogP contribution in [0.1, 0.15) is 10.4 Å². The van der Waals surface area contributed by atoms with Gasteiger partial charge in [0.15, 0.2) is 5.56 Å². The Bertz CT molecular complexity index is 662. The third-order valence-corrected chi connectivity index (χ3v) is 2.38. The number of aromatic carboxylic acids is 1. The van der Waals surface area contributed by atoms with E-state index in [2.05, 4.69) is 4.98 Å². The zero-order valence-electron chi connectivity index (χ0n) is 8.78. The number of nitrogens with one attached hydrogen (secondary N) is 1. The van der Waals surface area contributed by atoms with Gasteiger partial charge in [0.25, 0.3) is 0 Å². The van der Waals surface area contributed by atoms with Crippen molar-refractivity contribution in [2.45, 2.75) is 0 Å². The van der Waals surface area contributed by atoms with Crippen LogP contribution in [0.5, 0.6) is 5.75 Å². The molecule has 0 saturated heterocycles. The number of hydrogen-bond donors (Lipinski definition) is 2. The van der Waals surface area contributed by atoms with Crippen LogP contribution in [0.15, 0.2) is 23.0 Å². The summed E-state index contributed by atoms with van der Waals surface area (Å²) in [4.78, 5) is 24.7. The molecule has 0 saturated carbocycles. The van der Waals surface area contributed by atoms with E-state index in [9.17, 15) is 14.0 Å². The third-order valence-electron chi connectivity index (χ3n) is 2.38. The maximum atomic E-state index is 13.3. The molecule has 5 nitrogen and oxygen atoms in total. The normalized spacial score (nSPS) is 10.5. The van der Waals surface area contributed by atoms with Crippen molar-refractivity contribution in [1.29, 1.82) is 0 Å². The molecule has 1 aromatic heterocycles. The van der Waals surface area contributed by atoms with Crippen molar-refractivity contribution >= 4 is 16.9 Å². The summed E-state index contributed by atoms with van der Waals surface area (Å²) >= 11 is 0. The molecule has 0 aliphatic rings. The molecule has 2 aromatic rings. The van der Waals surface area contributed by atoms with Crippen molar-refractivity contribution in [3.8, 4) is 5.75 Å². The van der Waals surface area contributed by atoms with Gasteiger partial charge in [-0.3, -0.25) is 4.79 Å². The first-order valence-corrected chi connectivity index (χ1v) is 4.67. The predicted octanol–water partition coefficient (Wildman–Crippen LogP) is 1.37. The number of hydrogen-bond acceptors (Lipinski definition) is 3. The number of H-pyrrole nitrogens is 1. The minimum Gasteiger partial charge on any atom is -0.497 e. The Hall–Kier alpha value is -2.37. The predicted molar refractivity (Wildman–Crippen MR) is 58.0 cm³/mol. The van der Waals surface area contributed by atoms with Gasteiger partial charge in [0.05, 0.1) is 18.0 Å². The average Bonchev–Trinajstić information content (AvgIpc) is 2.28. The SMILES string of the molecule is COc1ccc2[nH]c(F)c(C(=O)O)c(=O)c2c1. The van der Waals surface area contributed by atoms with Crippen molar-refractivity contribution in [1.82, 2.24) is 4.98 Å². The van der Waals surface area contributed by atoms with Gasteiger partial charge in [-0.15, -0.1) is 0 Å². The summed E-state index contributed by atoms with van der Waals surface area (Å²) in [5, 5.41) is 8.81. The molecule has 1 heterocycles. The van der Waals surface area contributed by atoms with Crippen LogP contribution in [0, 0.1) is 5.95 Å². The van der Waals surface area contributed by atoms with Crippen LogP contribution in [-0.2, 0) is 0 Å². The number of aromatic amines is 1. The van der Waals surface area contributed by atoms with Gasteiger partial charge < -0.3 is 14.8 Å². The molecule has 6 heteroatoms. The smallest absolute Gasteiger partial charge is 0.344 e. The van der Waals surface area contributed by atoms with Gasteiger partial charge in [-0.2, -0.15) is 4.39 Å². The van der Waals surface area contributed by atoms with Crippen LogP contribution in [-0.4, -0.2) is 23.2 Å². The summed E-state index contributed by atoms with van der Waals surface area (Å²) in [6.07, 6.45) is 0. The topological polar surface area (TPSA) is 79.4 Å². The van der Waals surface area contributed by atoms with Crippen LogP contribution in [0.25, 0.3) is 10.9 Å². The largest absolute Gasteiger partial charge is 0.497 e. The Morgan fingerprint density at radius 2 is 2.18 bits per heavy atom. The fraction of sp³-hybridized carbons (Fsp3) is 0.0909. The maximum absolute atomic E-state index is 13.3. The first kappa shape index (κ1) is 11.1. The van der Waals surface area contributed by atoms with Crippen molar-refractivity contribution in [2.24, 2.45) is 0 Å². The van der Waals surface area contributed by atoms with Crippen molar-refractivity contribution < 1.29 is 19.0 Å². The number of aromatic nitrogens is 1. The zero-order chi connectivity index (χ0) is 12.6. The molecule has 0 aliphatic heterocycles. The lowest BCUT2D eigenvalue weighted by molar-refractivity contribution is 0.0689. The van der Waals surface area contributed by atoms with E-state index < -0.39 is 22.9 Å². The molecule has 0 aliphatic carbocycles. The van der Waals surface area contributed by atoms with Gasteiger partial charge in [0, 0.05) is 0 Å². The van der Waals surface area contributed by atoms with Gasteiger partial charge >= 0.3 is 5.97 Å². The monoisotopic (exact) mass is 237 g/mol. The van der Waals surface area contributed by atoms with E-state index in [0.717, 1.165) is 0 Å². The minimum absolute atomic E-state index is 0.0724. The number of fused-ring (bicyclic) bond motifs is 1. The van der Waals surface area contributed by atoms with E-state index >= 15 is 0 Å². The molecular formula is C11H8FNO4. The number of benzene rings is 1. The molecule has 1 aromatic carbocycles. The van der Waals surface area contributed by atoms with Crippen molar-refractivity contribution in [3.63, 3.8) is 0 Å². The fourth-order valence-corrected chi connectivity index (χ4v) is 1.55. The molecule has 0 amide bonds. The van der Waals surface area contributed by atoms with Crippen LogP contribution >= 0.6 is 0 Å². The number of ether oxygens (including phenoxy) is 1. The Kier molecular flexibility index (Phi) is 2.55. The van der Waals surface area contributed by atoms with E-state index in [1.54, 1.807) is 0 Å². The summed E-state index contributed by atoms with van der Waals surface area (Å²) < 4.78 is 18.3. The lowest BCUT2D eigenvalue weighted by Crippen LogP contribution is -2.18. The van der Waals surface area contributed by atoms with Gasteiger partial charge in [0.2, 0.25) is 11.4 Å². The number of rotatable bonds is 2. The molecule has 88 valence electrons. The molecule has 0 unspecified atom stereocenters. The summed E-state index contributed by atoms with van der Waals surface area (Å²) in [6, 6.07) is 4.35. The highest BCUT2D eigenvalue weighted by Crippen LogP contribution is 2.17. The Balaban J connectivity index is 2.89. The molecule has 17 heavy (non-hydrogen) atoms.